The van der Waals surface area contributed by atoms with E-state index in [1.807, 2.05) is 6.92 Å². The van der Waals surface area contributed by atoms with Crippen LogP contribution in [-0.2, 0) is 16.1 Å². The van der Waals surface area contributed by atoms with Crippen molar-refractivity contribution < 1.29 is 18.7 Å². The van der Waals surface area contributed by atoms with Gasteiger partial charge in [0.25, 0.3) is 0 Å². The second-order valence-electron chi connectivity index (χ2n) is 6.28. The Morgan fingerprint density at radius 1 is 1.04 bits per heavy atom. The number of carbonyl (C=O) groups excluding carboxylic acids is 2. The Bertz CT molecular complexity index is 790. The molecular weight excluding hydrogens is 335 g/mol. The van der Waals surface area contributed by atoms with Gasteiger partial charge in [-0.2, -0.15) is 0 Å². The third kappa shape index (κ3) is 4.59. The van der Waals surface area contributed by atoms with Crippen molar-refractivity contribution in [3.05, 3.63) is 59.9 Å². The number of halogens is 1. The molecule has 0 aliphatic rings. The van der Waals surface area contributed by atoms with Gasteiger partial charge in [0.1, 0.15) is 17.0 Å². The summed E-state index contributed by atoms with van der Waals surface area (Å²) in [6.07, 6.45) is 0. The van der Waals surface area contributed by atoms with Crippen molar-refractivity contribution in [3.63, 3.8) is 0 Å². The Morgan fingerprint density at radius 2 is 1.69 bits per heavy atom. The van der Waals surface area contributed by atoms with Crippen LogP contribution < -0.4 is 15.4 Å². The predicted octanol–water partition coefficient (Wildman–Crippen LogP) is 3.51. The number of anilines is 1. The molecule has 0 aromatic heterocycles. The predicted molar refractivity (Wildman–Crippen MR) is 98.3 cm³/mol. The summed E-state index contributed by atoms with van der Waals surface area (Å²) < 4.78 is 19.1. The van der Waals surface area contributed by atoms with Gasteiger partial charge in [0.2, 0.25) is 11.8 Å². The molecule has 0 fully saturated rings. The molecule has 0 bridgehead atoms. The number of amides is 2. The van der Waals surface area contributed by atoms with Crippen molar-refractivity contribution in [2.45, 2.75) is 27.3 Å². The molecule has 0 atom stereocenters. The van der Waals surface area contributed by atoms with Gasteiger partial charge in [0, 0.05) is 12.1 Å². The van der Waals surface area contributed by atoms with Crippen molar-refractivity contribution in [3.8, 4) is 5.75 Å². The Balaban J connectivity index is 2.05. The maximum atomic E-state index is 13.7. The van der Waals surface area contributed by atoms with Crippen LogP contribution in [0.1, 0.15) is 26.3 Å². The Labute approximate surface area is 152 Å². The molecule has 6 heteroatoms. The molecule has 2 aromatic carbocycles. The van der Waals surface area contributed by atoms with Crippen LogP contribution in [-0.4, -0.2) is 18.4 Å². The lowest BCUT2D eigenvalue weighted by molar-refractivity contribution is -0.138. The van der Waals surface area contributed by atoms with Crippen LogP contribution in [0, 0.1) is 11.2 Å². The summed E-state index contributed by atoms with van der Waals surface area (Å²) in [7, 11) is 0. The average Bonchev–Trinajstić information content (AvgIpc) is 2.62. The molecule has 5 nitrogen and oxygen atoms in total. The maximum Gasteiger partial charge on any atom is 0.239 e. The van der Waals surface area contributed by atoms with E-state index in [4.69, 9.17) is 4.74 Å². The number of hydrogen-bond donors (Lipinski definition) is 2. The van der Waals surface area contributed by atoms with E-state index in [2.05, 4.69) is 10.6 Å². The molecule has 2 aromatic rings. The van der Waals surface area contributed by atoms with Gasteiger partial charge >= 0.3 is 0 Å². The number of benzene rings is 2. The van der Waals surface area contributed by atoms with E-state index >= 15 is 0 Å². The minimum Gasteiger partial charge on any atom is -0.492 e. The summed E-state index contributed by atoms with van der Waals surface area (Å²) in [6, 6.07) is 13.2. The van der Waals surface area contributed by atoms with E-state index in [1.54, 1.807) is 42.5 Å². The highest BCUT2D eigenvalue weighted by Gasteiger charge is 2.36. The first-order chi connectivity index (χ1) is 12.4. The number of carbonyl (C=O) groups is 2. The van der Waals surface area contributed by atoms with Crippen LogP contribution in [0.2, 0.25) is 0 Å². The highest BCUT2D eigenvalue weighted by Crippen LogP contribution is 2.26. The molecule has 0 aliphatic heterocycles. The number of nitrogens with one attached hydrogen (secondary N) is 2. The van der Waals surface area contributed by atoms with Gasteiger partial charge in [-0.25, -0.2) is 4.39 Å². The molecular formula is C20H23FN2O3. The Hall–Kier alpha value is -2.89. The molecule has 2 rings (SSSR count). The summed E-state index contributed by atoms with van der Waals surface area (Å²) in [5.41, 5.74) is -0.488. The number of ether oxygens (including phenoxy) is 1. The Kier molecular flexibility index (Phi) is 6.33. The normalized spacial score (nSPS) is 10.9. The van der Waals surface area contributed by atoms with Crippen molar-refractivity contribution >= 4 is 17.5 Å². The zero-order chi connectivity index (χ0) is 19.2. The molecule has 138 valence electrons. The highest BCUT2D eigenvalue weighted by atomic mass is 19.1. The monoisotopic (exact) mass is 358 g/mol. The first kappa shape index (κ1) is 19.4. The lowest BCUT2D eigenvalue weighted by Gasteiger charge is -2.23. The number of hydrogen-bond acceptors (Lipinski definition) is 3. The molecule has 0 heterocycles. The second-order valence-corrected chi connectivity index (χ2v) is 6.28. The molecule has 2 amide bonds. The van der Waals surface area contributed by atoms with Crippen LogP contribution >= 0.6 is 0 Å². The van der Waals surface area contributed by atoms with Gasteiger partial charge in [-0.3, -0.25) is 9.59 Å². The lowest BCUT2D eigenvalue weighted by Crippen LogP contribution is -2.45. The maximum absolute atomic E-state index is 13.7. The van der Waals surface area contributed by atoms with E-state index in [9.17, 15) is 14.0 Å². The van der Waals surface area contributed by atoms with Crippen LogP contribution in [0.5, 0.6) is 5.75 Å². The smallest absolute Gasteiger partial charge is 0.239 e. The fourth-order valence-electron chi connectivity index (χ4n) is 2.27. The van der Waals surface area contributed by atoms with E-state index in [0.29, 0.717) is 23.6 Å². The molecule has 0 saturated carbocycles. The first-order valence-corrected chi connectivity index (χ1v) is 8.41. The van der Waals surface area contributed by atoms with E-state index in [-0.39, 0.29) is 6.54 Å². The van der Waals surface area contributed by atoms with Gasteiger partial charge in [0.15, 0.2) is 0 Å². The molecule has 0 unspecified atom stereocenters. The summed E-state index contributed by atoms with van der Waals surface area (Å²) in [4.78, 5) is 25.1. The zero-order valence-electron chi connectivity index (χ0n) is 15.1. The zero-order valence-corrected chi connectivity index (χ0v) is 15.1. The van der Waals surface area contributed by atoms with Crippen LogP contribution in [0.25, 0.3) is 0 Å². The van der Waals surface area contributed by atoms with E-state index < -0.39 is 23.0 Å². The Morgan fingerprint density at radius 3 is 2.38 bits per heavy atom. The van der Waals surface area contributed by atoms with Crippen molar-refractivity contribution in [2.24, 2.45) is 5.41 Å². The molecule has 2 N–H and O–H groups in total. The summed E-state index contributed by atoms with van der Waals surface area (Å²) in [6.45, 7) is 5.35. The third-order valence-corrected chi connectivity index (χ3v) is 3.97. The van der Waals surface area contributed by atoms with Gasteiger partial charge in [-0.05, 0) is 39.0 Å². The van der Waals surface area contributed by atoms with Crippen molar-refractivity contribution in [1.82, 2.24) is 5.32 Å². The first-order valence-electron chi connectivity index (χ1n) is 8.41. The number of rotatable bonds is 7. The van der Waals surface area contributed by atoms with Gasteiger partial charge in [-0.15, -0.1) is 0 Å². The molecule has 0 aliphatic carbocycles. The number of para-hydroxylation sites is 2. The topological polar surface area (TPSA) is 67.4 Å². The van der Waals surface area contributed by atoms with Gasteiger partial charge in [-0.1, -0.05) is 30.3 Å². The van der Waals surface area contributed by atoms with Gasteiger partial charge in [0.05, 0.1) is 12.3 Å². The second kappa shape index (κ2) is 8.47. The van der Waals surface area contributed by atoms with Gasteiger partial charge < -0.3 is 15.4 Å². The lowest BCUT2D eigenvalue weighted by atomic mass is 9.90. The summed E-state index contributed by atoms with van der Waals surface area (Å²) >= 11 is 0. The van der Waals surface area contributed by atoms with Crippen LogP contribution in [0.15, 0.2) is 48.5 Å². The SMILES string of the molecule is CCOc1ccccc1NC(=O)C(C)(C)C(=O)NCc1ccccc1F. The molecule has 0 radical (unpaired) electrons. The van der Waals surface area contributed by atoms with E-state index in [1.165, 1.54) is 19.9 Å². The minimum absolute atomic E-state index is 0.0117. The largest absolute Gasteiger partial charge is 0.492 e. The fraction of sp³-hybridized carbons (Fsp3) is 0.300. The molecule has 0 spiro atoms. The van der Waals surface area contributed by atoms with E-state index in [0.717, 1.165) is 0 Å². The van der Waals surface area contributed by atoms with Crippen molar-refractivity contribution in [1.29, 1.82) is 0 Å². The minimum atomic E-state index is -1.34. The summed E-state index contributed by atoms with van der Waals surface area (Å²) in [5, 5.41) is 5.34. The fourth-order valence-corrected chi connectivity index (χ4v) is 2.27. The quantitative estimate of drug-likeness (QED) is 0.745. The molecule has 0 saturated heterocycles. The average molecular weight is 358 g/mol. The molecule has 26 heavy (non-hydrogen) atoms. The van der Waals surface area contributed by atoms with Crippen molar-refractivity contribution in [2.75, 3.05) is 11.9 Å². The highest BCUT2D eigenvalue weighted by molar-refractivity contribution is 6.10. The van der Waals surface area contributed by atoms with Crippen LogP contribution in [0.4, 0.5) is 10.1 Å². The third-order valence-electron chi connectivity index (χ3n) is 3.97. The standard InChI is InChI=1S/C20H23FN2O3/c1-4-26-17-12-8-7-11-16(17)23-19(25)20(2,3)18(24)22-13-14-9-5-6-10-15(14)21/h5-12H,4,13H2,1-3H3,(H,22,24)(H,23,25). The summed E-state index contributed by atoms with van der Waals surface area (Å²) in [5.74, 6) is -0.838. The van der Waals surface area contributed by atoms with Crippen LogP contribution in [0.3, 0.4) is 0 Å².